The van der Waals surface area contributed by atoms with Crippen LogP contribution in [0.3, 0.4) is 0 Å². The van der Waals surface area contributed by atoms with Crippen molar-refractivity contribution >= 4 is 16.7 Å². The zero-order chi connectivity index (χ0) is 14.0. The van der Waals surface area contributed by atoms with Gasteiger partial charge in [-0.25, -0.2) is 9.37 Å². The number of rotatable bonds is 3. The van der Waals surface area contributed by atoms with Crippen LogP contribution in [0.2, 0.25) is 0 Å². The Morgan fingerprint density at radius 1 is 1.21 bits per heavy atom. The van der Waals surface area contributed by atoms with E-state index in [0.717, 1.165) is 24.2 Å². The lowest BCUT2D eigenvalue weighted by Gasteiger charge is -2.23. The molecule has 0 saturated carbocycles. The largest absolute Gasteiger partial charge is 0.370 e. The first-order valence-electron chi connectivity index (χ1n) is 6.76. The van der Waals surface area contributed by atoms with Crippen molar-refractivity contribution in [1.82, 2.24) is 4.98 Å². The summed E-state index contributed by atoms with van der Waals surface area (Å²) in [5.74, 6) is 0.623. The van der Waals surface area contributed by atoms with E-state index >= 15 is 0 Å². The second-order valence-corrected chi connectivity index (χ2v) is 5.90. The van der Waals surface area contributed by atoms with Crippen LogP contribution in [0, 0.1) is 5.82 Å². The number of nitrogens with zero attached hydrogens (tertiary/aromatic N) is 1. The summed E-state index contributed by atoms with van der Waals surface area (Å²) in [6, 6.07) is 6.87. The van der Waals surface area contributed by atoms with E-state index < -0.39 is 0 Å². The molecule has 0 aliphatic rings. The maximum absolute atomic E-state index is 13.3. The van der Waals surface area contributed by atoms with Crippen molar-refractivity contribution in [2.45, 2.75) is 39.5 Å². The second kappa shape index (κ2) is 5.16. The molecule has 1 N–H and O–H groups in total. The van der Waals surface area contributed by atoms with Crippen LogP contribution < -0.4 is 5.32 Å². The van der Waals surface area contributed by atoms with E-state index in [1.54, 1.807) is 6.07 Å². The van der Waals surface area contributed by atoms with Gasteiger partial charge in [0.05, 0.1) is 5.52 Å². The summed E-state index contributed by atoms with van der Waals surface area (Å²) in [4.78, 5) is 4.59. The molecule has 1 heterocycles. The van der Waals surface area contributed by atoms with Gasteiger partial charge in [-0.3, -0.25) is 0 Å². The Morgan fingerprint density at radius 3 is 2.58 bits per heavy atom. The SMILES string of the molecule is CCCNc1nc2cc(F)ccc2cc1C(C)(C)C. The molecule has 0 bridgehead atoms. The van der Waals surface area contributed by atoms with Crippen LogP contribution >= 0.6 is 0 Å². The molecule has 0 aliphatic heterocycles. The van der Waals surface area contributed by atoms with Gasteiger partial charge in [0.2, 0.25) is 0 Å². The molecular formula is C16H21FN2. The third kappa shape index (κ3) is 3.03. The van der Waals surface area contributed by atoms with Crippen molar-refractivity contribution in [2.24, 2.45) is 0 Å². The zero-order valence-electron chi connectivity index (χ0n) is 12.0. The smallest absolute Gasteiger partial charge is 0.130 e. The van der Waals surface area contributed by atoms with E-state index in [-0.39, 0.29) is 11.2 Å². The molecular weight excluding hydrogens is 239 g/mol. The molecule has 0 unspecified atom stereocenters. The molecule has 19 heavy (non-hydrogen) atoms. The van der Waals surface area contributed by atoms with Gasteiger partial charge in [0.1, 0.15) is 11.6 Å². The summed E-state index contributed by atoms with van der Waals surface area (Å²) >= 11 is 0. The number of hydrogen-bond acceptors (Lipinski definition) is 2. The van der Waals surface area contributed by atoms with E-state index in [4.69, 9.17) is 0 Å². The first-order chi connectivity index (χ1) is 8.91. The summed E-state index contributed by atoms with van der Waals surface area (Å²) in [5.41, 5.74) is 1.87. The number of benzene rings is 1. The lowest BCUT2D eigenvalue weighted by molar-refractivity contribution is 0.590. The molecule has 0 atom stereocenters. The minimum Gasteiger partial charge on any atom is -0.370 e. The molecule has 1 aromatic heterocycles. The van der Waals surface area contributed by atoms with Crippen molar-refractivity contribution < 1.29 is 4.39 Å². The van der Waals surface area contributed by atoms with Crippen LogP contribution in [0.5, 0.6) is 0 Å². The van der Waals surface area contributed by atoms with Crippen molar-refractivity contribution in [2.75, 3.05) is 11.9 Å². The lowest BCUT2D eigenvalue weighted by Crippen LogP contribution is -2.16. The fourth-order valence-corrected chi connectivity index (χ4v) is 2.09. The topological polar surface area (TPSA) is 24.9 Å². The Labute approximate surface area is 114 Å². The fourth-order valence-electron chi connectivity index (χ4n) is 2.09. The number of hydrogen-bond donors (Lipinski definition) is 1. The molecule has 2 rings (SSSR count). The minimum absolute atomic E-state index is 0.00561. The number of anilines is 1. The molecule has 0 spiro atoms. The number of halogens is 1. The van der Waals surface area contributed by atoms with E-state index in [1.165, 1.54) is 17.7 Å². The molecule has 0 saturated heterocycles. The number of pyridine rings is 1. The van der Waals surface area contributed by atoms with Crippen LogP contribution in [-0.4, -0.2) is 11.5 Å². The molecule has 0 fully saturated rings. The molecule has 2 aromatic rings. The summed E-state index contributed by atoms with van der Waals surface area (Å²) in [6.07, 6.45) is 1.03. The molecule has 3 heteroatoms. The van der Waals surface area contributed by atoms with Gasteiger partial charge in [-0.2, -0.15) is 0 Å². The van der Waals surface area contributed by atoms with E-state index in [2.05, 4.69) is 44.1 Å². The third-order valence-electron chi connectivity index (χ3n) is 3.13. The molecule has 0 aliphatic carbocycles. The Bertz CT molecular complexity index is 585. The molecule has 0 radical (unpaired) electrons. The Morgan fingerprint density at radius 2 is 1.95 bits per heavy atom. The highest BCUT2D eigenvalue weighted by Crippen LogP contribution is 2.31. The highest BCUT2D eigenvalue weighted by Gasteiger charge is 2.20. The van der Waals surface area contributed by atoms with Crippen LogP contribution in [0.25, 0.3) is 10.9 Å². The summed E-state index contributed by atoms with van der Waals surface area (Å²) in [6.45, 7) is 9.48. The predicted molar refractivity (Wildman–Crippen MR) is 79.2 cm³/mol. The van der Waals surface area contributed by atoms with E-state index in [1.807, 2.05) is 0 Å². The first-order valence-corrected chi connectivity index (χ1v) is 6.76. The Hall–Kier alpha value is -1.64. The third-order valence-corrected chi connectivity index (χ3v) is 3.13. The van der Waals surface area contributed by atoms with Crippen LogP contribution in [0.1, 0.15) is 39.7 Å². The average Bonchev–Trinajstić information content (AvgIpc) is 2.33. The van der Waals surface area contributed by atoms with Crippen molar-refractivity contribution in [3.8, 4) is 0 Å². The minimum atomic E-state index is -0.245. The van der Waals surface area contributed by atoms with Gasteiger partial charge in [-0.1, -0.05) is 27.7 Å². The maximum atomic E-state index is 13.3. The molecule has 0 amide bonds. The highest BCUT2D eigenvalue weighted by atomic mass is 19.1. The quantitative estimate of drug-likeness (QED) is 0.879. The van der Waals surface area contributed by atoms with Crippen molar-refractivity contribution in [3.05, 3.63) is 35.6 Å². The Balaban J connectivity index is 2.60. The van der Waals surface area contributed by atoms with Gasteiger partial charge >= 0.3 is 0 Å². The van der Waals surface area contributed by atoms with Crippen molar-refractivity contribution in [3.63, 3.8) is 0 Å². The number of fused-ring (bicyclic) bond motifs is 1. The lowest BCUT2D eigenvalue weighted by atomic mass is 9.86. The van der Waals surface area contributed by atoms with Gasteiger partial charge < -0.3 is 5.32 Å². The molecule has 2 nitrogen and oxygen atoms in total. The van der Waals surface area contributed by atoms with E-state index in [0.29, 0.717) is 5.52 Å². The van der Waals surface area contributed by atoms with Crippen LogP contribution in [0.4, 0.5) is 10.2 Å². The van der Waals surface area contributed by atoms with Crippen LogP contribution in [-0.2, 0) is 5.41 Å². The first kappa shape index (κ1) is 13.8. The summed E-state index contributed by atoms with van der Waals surface area (Å²) in [5, 5.41) is 4.33. The second-order valence-electron chi connectivity index (χ2n) is 5.90. The highest BCUT2D eigenvalue weighted by molar-refractivity contribution is 5.82. The van der Waals surface area contributed by atoms with Gasteiger partial charge in [0, 0.05) is 23.6 Å². The van der Waals surface area contributed by atoms with Crippen LogP contribution in [0.15, 0.2) is 24.3 Å². The summed E-state index contributed by atoms with van der Waals surface area (Å²) in [7, 11) is 0. The average molecular weight is 260 g/mol. The van der Waals surface area contributed by atoms with Gasteiger partial charge in [-0.15, -0.1) is 0 Å². The maximum Gasteiger partial charge on any atom is 0.130 e. The molecule has 102 valence electrons. The van der Waals surface area contributed by atoms with Gasteiger partial charge in [-0.05, 0) is 30.0 Å². The van der Waals surface area contributed by atoms with Gasteiger partial charge in [0.15, 0.2) is 0 Å². The predicted octanol–water partition coefficient (Wildman–Crippen LogP) is 4.49. The molecule has 1 aromatic carbocycles. The van der Waals surface area contributed by atoms with E-state index in [9.17, 15) is 4.39 Å². The monoisotopic (exact) mass is 260 g/mol. The fraction of sp³-hybridized carbons (Fsp3) is 0.438. The normalized spacial score (nSPS) is 11.8. The number of nitrogens with one attached hydrogen (secondary N) is 1. The zero-order valence-corrected chi connectivity index (χ0v) is 12.0. The van der Waals surface area contributed by atoms with Crippen molar-refractivity contribution in [1.29, 1.82) is 0 Å². The standard InChI is InChI=1S/C16H21FN2/c1-5-8-18-15-13(16(2,3)4)9-11-6-7-12(17)10-14(11)19-15/h6-7,9-10H,5,8H2,1-4H3,(H,18,19). The van der Waals surface area contributed by atoms with Gasteiger partial charge in [0.25, 0.3) is 0 Å². The number of aromatic nitrogens is 1. The summed E-state index contributed by atoms with van der Waals surface area (Å²) < 4.78 is 13.3. The Kier molecular flexibility index (Phi) is 3.74.